The maximum absolute atomic E-state index is 12.7. The number of carbonyl (C=O) groups excluding carboxylic acids is 2. The highest BCUT2D eigenvalue weighted by Crippen LogP contribution is 2.43. The van der Waals surface area contributed by atoms with Crippen LogP contribution < -0.4 is 10.0 Å². The predicted molar refractivity (Wildman–Crippen MR) is 142 cm³/mol. The van der Waals surface area contributed by atoms with E-state index in [0.717, 1.165) is 24.4 Å². The molecular formula is C25H29ClN6O4S. The minimum atomic E-state index is -3.67. The van der Waals surface area contributed by atoms with E-state index >= 15 is 0 Å². The number of ketones is 1. The summed E-state index contributed by atoms with van der Waals surface area (Å²) in [7, 11) is -3.67. The molecule has 5 rings (SSSR count). The molecule has 1 unspecified atom stereocenters. The number of halogens is 1. The first-order valence-corrected chi connectivity index (χ1v) is 14.2. The van der Waals surface area contributed by atoms with E-state index < -0.39 is 15.4 Å². The number of allylic oxidation sites excluding steroid dienone is 3. The Morgan fingerprint density at radius 1 is 1.11 bits per heavy atom. The molecule has 37 heavy (non-hydrogen) atoms. The molecule has 1 aromatic carbocycles. The minimum Gasteiger partial charge on any atom is -0.343 e. The van der Waals surface area contributed by atoms with E-state index in [2.05, 4.69) is 20.0 Å². The van der Waals surface area contributed by atoms with Crippen molar-refractivity contribution in [3.05, 3.63) is 48.2 Å². The van der Waals surface area contributed by atoms with Gasteiger partial charge in [0.15, 0.2) is 0 Å². The lowest BCUT2D eigenvalue weighted by atomic mass is 9.72. The first-order valence-electron chi connectivity index (χ1n) is 12.4. The fourth-order valence-electron chi connectivity index (χ4n) is 5.08. The molecular weight excluding hydrogens is 516 g/mol. The van der Waals surface area contributed by atoms with Crippen LogP contribution in [-0.4, -0.2) is 73.8 Å². The van der Waals surface area contributed by atoms with Crippen LogP contribution in [-0.2, 0) is 19.6 Å². The Hall–Kier alpha value is -3.02. The summed E-state index contributed by atoms with van der Waals surface area (Å²) >= 11 is 6.46. The molecule has 0 saturated carbocycles. The molecule has 196 valence electrons. The molecule has 1 spiro atoms. The van der Waals surface area contributed by atoms with E-state index in [0.29, 0.717) is 57.0 Å². The fourth-order valence-corrected chi connectivity index (χ4v) is 6.46. The Morgan fingerprint density at radius 2 is 1.92 bits per heavy atom. The lowest BCUT2D eigenvalue weighted by Crippen LogP contribution is -2.44. The molecule has 1 atom stereocenters. The number of sulfonamides is 1. The van der Waals surface area contributed by atoms with E-state index in [1.807, 2.05) is 18.2 Å². The van der Waals surface area contributed by atoms with Crippen LogP contribution in [0.5, 0.6) is 0 Å². The van der Waals surface area contributed by atoms with Gasteiger partial charge < -0.3 is 10.2 Å². The van der Waals surface area contributed by atoms with Gasteiger partial charge in [-0.25, -0.2) is 23.1 Å². The van der Waals surface area contributed by atoms with E-state index in [1.54, 1.807) is 21.5 Å². The number of Topliss-reactive ketones (excluding diaryl/α,β-unsaturated/α-hetero) is 1. The van der Waals surface area contributed by atoms with Gasteiger partial charge in [-0.2, -0.15) is 0 Å². The number of likely N-dealkylation sites (tertiary alicyclic amines) is 1. The van der Waals surface area contributed by atoms with Gasteiger partial charge in [-0.3, -0.25) is 14.0 Å². The smallest absolute Gasteiger partial charge is 0.240 e. The molecule has 3 aliphatic heterocycles. The first-order chi connectivity index (χ1) is 17.8. The third kappa shape index (κ3) is 5.34. The summed E-state index contributed by atoms with van der Waals surface area (Å²) in [6.07, 6.45) is 8.35. The molecule has 10 nitrogen and oxygen atoms in total. The number of hydrogen-bond donors (Lipinski definition) is 2. The molecule has 12 heteroatoms. The Kier molecular flexibility index (Phi) is 7.19. The molecule has 1 aromatic rings. The van der Waals surface area contributed by atoms with Crippen molar-refractivity contribution in [1.29, 1.82) is 0 Å². The number of amides is 1. The van der Waals surface area contributed by atoms with Crippen molar-refractivity contribution in [2.75, 3.05) is 38.0 Å². The Balaban J connectivity index is 1.21. The van der Waals surface area contributed by atoms with Gasteiger partial charge in [-0.1, -0.05) is 6.08 Å². The van der Waals surface area contributed by atoms with Gasteiger partial charge in [-0.15, -0.1) is 0 Å². The zero-order valence-electron chi connectivity index (χ0n) is 20.3. The van der Waals surface area contributed by atoms with Gasteiger partial charge in [0.2, 0.25) is 21.9 Å². The van der Waals surface area contributed by atoms with Gasteiger partial charge in [0.1, 0.15) is 5.78 Å². The maximum Gasteiger partial charge on any atom is 0.240 e. The van der Waals surface area contributed by atoms with Gasteiger partial charge in [-0.05, 0) is 49.3 Å². The summed E-state index contributed by atoms with van der Waals surface area (Å²) in [5, 5.41) is 3.14. The fraction of sp³-hybridized carbons (Fsp3) is 0.440. The molecule has 2 N–H and O–H groups in total. The Bertz CT molecular complexity index is 1320. The molecule has 0 aromatic heterocycles. The molecule has 1 aliphatic carbocycles. The largest absolute Gasteiger partial charge is 0.343 e. The Morgan fingerprint density at radius 3 is 2.68 bits per heavy atom. The third-order valence-electron chi connectivity index (χ3n) is 7.05. The van der Waals surface area contributed by atoms with Gasteiger partial charge in [0.25, 0.3) is 0 Å². The van der Waals surface area contributed by atoms with Crippen molar-refractivity contribution < 1.29 is 18.0 Å². The highest BCUT2D eigenvalue weighted by atomic mass is 35.5. The lowest BCUT2D eigenvalue weighted by molar-refractivity contribution is -0.127. The number of nitrogens with zero attached hydrogens (tertiary/aromatic N) is 4. The predicted octanol–water partition coefficient (Wildman–Crippen LogP) is 2.46. The van der Waals surface area contributed by atoms with Crippen LogP contribution in [0.4, 0.5) is 5.69 Å². The molecule has 3 heterocycles. The quantitative estimate of drug-likeness (QED) is 0.401. The average Bonchev–Trinajstić information content (AvgIpc) is 3.24. The second-order valence-corrected chi connectivity index (χ2v) is 11.7. The SMILES string of the molecule is O=C1CCN(Cl)C2=CC=CC3=NC(Nc4ccc(S(=O)(=O)NCCCN5CCCC5=O)cc4)=NCC23C1. The minimum absolute atomic E-state index is 0.124. The standard InChI is InChI=1S/C25H29ClN6O4S/c26-32-15-11-19(33)16-25-17-27-24(30-21(25)4-1-5-22(25)32)29-18-7-9-20(10-8-18)37(35,36)28-12-3-14-31-13-2-6-23(31)34/h1,4-5,7-10,28H,2-3,6,11-17H2,(H,27,29). The summed E-state index contributed by atoms with van der Waals surface area (Å²) < 4.78 is 29.5. The molecule has 0 bridgehead atoms. The van der Waals surface area contributed by atoms with E-state index in [4.69, 9.17) is 11.8 Å². The maximum atomic E-state index is 12.7. The molecule has 2 saturated heterocycles. The van der Waals surface area contributed by atoms with E-state index in [9.17, 15) is 18.0 Å². The number of rotatable bonds is 7. The van der Waals surface area contributed by atoms with Crippen LogP contribution in [0.25, 0.3) is 0 Å². The lowest BCUT2D eigenvalue weighted by Gasteiger charge is -2.39. The van der Waals surface area contributed by atoms with Gasteiger partial charge in [0.05, 0.1) is 22.6 Å². The molecule has 4 aliphatic rings. The van der Waals surface area contributed by atoms with Crippen LogP contribution in [0.15, 0.2) is 63.1 Å². The van der Waals surface area contributed by atoms with Crippen molar-refractivity contribution in [2.45, 2.75) is 37.0 Å². The number of anilines is 1. The van der Waals surface area contributed by atoms with Crippen LogP contribution in [0.1, 0.15) is 32.1 Å². The summed E-state index contributed by atoms with van der Waals surface area (Å²) in [5.41, 5.74) is 1.53. The summed E-state index contributed by atoms with van der Waals surface area (Å²) in [4.78, 5) is 35.3. The summed E-state index contributed by atoms with van der Waals surface area (Å²) in [6, 6.07) is 6.34. The average molecular weight is 545 g/mol. The zero-order valence-corrected chi connectivity index (χ0v) is 21.9. The number of carbonyl (C=O) groups is 2. The number of hydrogen-bond acceptors (Lipinski definition) is 8. The number of nitrogens with one attached hydrogen (secondary N) is 2. The normalized spacial score (nSPS) is 23.6. The Labute approximate surface area is 221 Å². The summed E-state index contributed by atoms with van der Waals surface area (Å²) in [6.45, 7) is 2.34. The van der Waals surface area contributed by atoms with E-state index in [1.165, 1.54) is 12.1 Å². The molecule has 0 radical (unpaired) electrons. The zero-order chi connectivity index (χ0) is 26.0. The van der Waals surface area contributed by atoms with Crippen molar-refractivity contribution >= 4 is 50.8 Å². The van der Waals surface area contributed by atoms with Crippen LogP contribution in [0, 0.1) is 5.41 Å². The van der Waals surface area contributed by atoms with Crippen molar-refractivity contribution in [1.82, 2.24) is 14.0 Å². The van der Waals surface area contributed by atoms with E-state index in [-0.39, 0.29) is 23.1 Å². The van der Waals surface area contributed by atoms with Crippen molar-refractivity contribution in [3.8, 4) is 0 Å². The summed E-state index contributed by atoms with van der Waals surface area (Å²) in [5.74, 6) is 0.641. The molecule has 1 amide bonds. The second-order valence-electron chi connectivity index (χ2n) is 9.57. The topological polar surface area (TPSA) is 124 Å². The number of benzene rings is 1. The third-order valence-corrected chi connectivity index (χ3v) is 8.88. The van der Waals surface area contributed by atoms with Crippen molar-refractivity contribution in [2.24, 2.45) is 15.4 Å². The number of aliphatic imine (C=N–C) groups is 2. The molecule has 2 fully saturated rings. The first kappa shape index (κ1) is 25.6. The monoisotopic (exact) mass is 544 g/mol. The second kappa shape index (κ2) is 10.4. The van der Waals surface area contributed by atoms with Crippen molar-refractivity contribution in [3.63, 3.8) is 0 Å². The van der Waals surface area contributed by atoms with Gasteiger partial charge >= 0.3 is 0 Å². The van der Waals surface area contributed by atoms with Crippen LogP contribution in [0.3, 0.4) is 0 Å². The highest BCUT2D eigenvalue weighted by molar-refractivity contribution is 7.89. The number of guanidine groups is 1. The van der Waals surface area contributed by atoms with Crippen LogP contribution >= 0.6 is 11.8 Å². The van der Waals surface area contributed by atoms with Crippen LogP contribution in [0.2, 0.25) is 0 Å². The highest BCUT2D eigenvalue weighted by Gasteiger charge is 2.47. The van der Waals surface area contributed by atoms with Gasteiger partial charge in [0, 0.05) is 68.6 Å².